The normalized spacial score (nSPS) is 11.8. The number of esters is 1. The number of nitrogens with one attached hydrogen (secondary N) is 2. The minimum Gasteiger partial charge on any atom is -0.491 e. The maximum Gasteiger partial charge on any atom is 0.328 e. The van der Waals surface area contributed by atoms with Crippen LogP contribution < -0.4 is 15.4 Å². The molecule has 0 fully saturated rings. The molecule has 0 saturated carbocycles. The average molecular weight is 364 g/mol. The van der Waals surface area contributed by atoms with Gasteiger partial charge in [0.2, 0.25) is 5.91 Å². The first-order valence-corrected chi connectivity index (χ1v) is 8.65. The minimum atomic E-state index is -0.725. The van der Waals surface area contributed by atoms with Crippen molar-refractivity contribution in [1.29, 1.82) is 0 Å². The molecular weight excluding hydrogens is 336 g/mol. The van der Waals surface area contributed by atoms with E-state index in [4.69, 9.17) is 9.47 Å². The topological polar surface area (TPSA) is 93.7 Å². The lowest BCUT2D eigenvalue weighted by molar-refractivity contribution is -0.145. The predicted octanol–water partition coefficient (Wildman–Crippen LogP) is 1.91. The number of rotatable bonds is 9. The Morgan fingerprint density at radius 3 is 2.15 bits per heavy atom. The van der Waals surface area contributed by atoms with Crippen molar-refractivity contribution < 1.29 is 23.9 Å². The standard InChI is InChI=1S/C19H28N2O5/c1-12(2)10-16(19(24)25-5)21-17(22)11-20-18(23)14-6-8-15(9-7-14)26-13(3)4/h6-9,12-13,16H,10-11H2,1-5H3,(H,20,23)(H,21,22). The monoisotopic (exact) mass is 364 g/mol. The van der Waals surface area contributed by atoms with Gasteiger partial charge in [-0.1, -0.05) is 13.8 Å². The van der Waals surface area contributed by atoms with Crippen LogP contribution in [0.25, 0.3) is 0 Å². The van der Waals surface area contributed by atoms with Crippen LogP contribution in [0, 0.1) is 5.92 Å². The highest BCUT2D eigenvalue weighted by molar-refractivity contribution is 5.97. The Labute approximate surface area is 154 Å². The van der Waals surface area contributed by atoms with Gasteiger partial charge in [0.1, 0.15) is 11.8 Å². The molecule has 26 heavy (non-hydrogen) atoms. The summed E-state index contributed by atoms with van der Waals surface area (Å²) in [6, 6.07) is 5.93. The van der Waals surface area contributed by atoms with Gasteiger partial charge in [-0.05, 0) is 50.5 Å². The van der Waals surface area contributed by atoms with Crippen LogP contribution >= 0.6 is 0 Å². The van der Waals surface area contributed by atoms with E-state index in [1.54, 1.807) is 24.3 Å². The van der Waals surface area contributed by atoms with E-state index in [0.29, 0.717) is 17.7 Å². The molecule has 1 unspecified atom stereocenters. The molecule has 0 aliphatic rings. The third kappa shape index (κ3) is 7.55. The molecule has 0 saturated heterocycles. The molecule has 0 aliphatic carbocycles. The van der Waals surface area contributed by atoms with Gasteiger partial charge in [0.15, 0.2) is 0 Å². The van der Waals surface area contributed by atoms with Crippen molar-refractivity contribution in [1.82, 2.24) is 10.6 Å². The Balaban J connectivity index is 2.54. The Kier molecular flexibility index (Phi) is 8.61. The highest BCUT2D eigenvalue weighted by Gasteiger charge is 2.22. The second-order valence-corrected chi connectivity index (χ2v) is 6.65. The summed E-state index contributed by atoms with van der Waals surface area (Å²) in [5.74, 6) is -0.451. The molecule has 1 rings (SSSR count). The van der Waals surface area contributed by atoms with Crippen molar-refractivity contribution in [2.24, 2.45) is 5.92 Å². The number of carbonyl (C=O) groups is 3. The zero-order valence-electron chi connectivity index (χ0n) is 16.0. The van der Waals surface area contributed by atoms with Crippen LogP contribution in [0.5, 0.6) is 5.75 Å². The molecule has 2 amide bonds. The number of carbonyl (C=O) groups excluding carboxylic acids is 3. The largest absolute Gasteiger partial charge is 0.491 e. The lowest BCUT2D eigenvalue weighted by Crippen LogP contribution is -2.46. The van der Waals surface area contributed by atoms with Crippen molar-refractivity contribution >= 4 is 17.8 Å². The molecule has 1 aromatic rings. The van der Waals surface area contributed by atoms with E-state index < -0.39 is 17.9 Å². The Hall–Kier alpha value is -2.57. The second kappa shape index (κ2) is 10.4. The molecule has 7 nitrogen and oxygen atoms in total. The fourth-order valence-corrected chi connectivity index (χ4v) is 2.29. The van der Waals surface area contributed by atoms with E-state index >= 15 is 0 Å². The summed E-state index contributed by atoms with van der Waals surface area (Å²) in [6.07, 6.45) is 0.510. The van der Waals surface area contributed by atoms with Gasteiger partial charge in [-0.25, -0.2) is 4.79 Å². The molecule has 0 spiro atoms. The summed E-state index contributed by atoms with van der Waals surface area (Å²) in [7, 11) is 1.27. The van der Waals surface area contributed by atoms with Crippen molar-refractivity contribution in [3.63, 3.8) is 0 Å². The summed E-state index contributed by atoms with van der Waals surface area (Å²) in [5.41, 5.74) is 0.417. The minimum absolute atomic E-state index is 0.0481. The fraction of sp³-hybridized carbons (Fsp3) is 0.526. The van der Waals surface area contributed by atoms with Gasteiger partial charge in [0.25, 0.3) is 5.91 Å². The maximum atomic E-state index is 12.1. The van der Waals surface area contributed by atoms with Crippen molar-refractivity contribution in [2.45, 2.75) is 46.3 Å². The maximum absolute atomic E-state index is 12.1. The fourth-order valence-electron chi connectivity index (χ4n) is 2.29. The number of methoxy groups -OCH3 is 1. The van der Waals surface area contributed by atoms with Crippen molar-refractivity contribution in [2.75, 3.05) is 13.7 Å². The van der Waals surface area contributed by atoms with Gasteiger partial charge in [0, 0.05) is 5.56 Å². The lowest BCUT2D eigenvalue weighted by Gasteiger charge is -2.18. The Morgan fingerprint density at radius 2 is 1.65 bits per heavy atom. The van der Waals surface area contributed by atoms with Gasteiger partial charge in [0.05, 0.1) is 19.8 Å². The first-order valence-electron chi connectivity index (χ1n) is 8.65. The highest BCUT2D eigenvalue weighted by Crippen LogP contribution is 2.13. The summed E-state index contributed by atoms with van der Waals surface area (Å²) >= 11 is 0. The number of hydrogen-bond donors (Lipinski definition) is 2. The van der Waals surface area contributed by atoms with Crippen LogP contribution in [0.3, 0.4) is 0 Å². The molecule has 0 aromatic heterocycles. The highest BCUT2D eigenvalue weighted by atomic mass is 16.5. The van der Waals surface area contributed by atoms with Crippen LogP contribution in [0.1, 0.15) is 44.5 Å². The van der Waals surface area contributed by atoms with E-state index in [-0.39, 0.29) is 24.5 Å². The summed E-state index contributed by atoms with van der Waals surface area (Å²) < 4.78 is 10.2. The van der Waals surface area contributed by atoms with Crippen molar-refractivity contribution in [3.05, 3.63) is 29.8 Å². The number of benzene rings is 1. The van der Waals surface area contributed by atoms with E-state index in [0.717, 1.165) is 0 Å². The molecule has 0 heterocycles. The third-order valence-electron chi connectivity index (χ3n) is 3.43. The average Bonchev–Trinajstić information content (AvgIpc) is 2.58. The molecule has 0 bridgehead atoms. The molecular formula is C19H28N2O5. The Bertz CT molecular complexity index is 611. The summed E-state index contributed by atoms with van der Waals surface area (Å²) in [4.78, 5) is 35.8. The molecule has 144 valence electrons. The SMILES string of the molecule is COC(=O)C(CC(C)C)NC(=O)CNC(=O)c1ccc(OC(C)C)cc1. The smallest absolute Gasteiger partial charge is 0.328 e. The second-order valence-electron chi connectivity index (χ2n) is 6.65. The Morgan fingerprint density at radius 1 is 1.04 bits per heavy atom. The third-order valence-corrected chi connectivity index (χ3v) is 3.43. The van der Waals surface area contributed by atoms with E-state index in [1.165, 1.54) is 7.11 Å². The van der Waals surface area contributed by atoms with E-state index in [1.807, 2.05) is 27.7 Å². The molecule has 0 radical (unpaired) electrons. The molecule has 0 aliphatic heterocycles. The zero-order chi connectivity index (χ0) is 19.7. The van der Waals surface area contributed by atoms with Gasteiger partial charge in [-0.3, -0.25) is 9.59 Å². The van der Waals surface area contributed by atoms with Gasteiger partial charge in [-0.15, -0.1) is 0 Å². The number of amides is 2. The van der Waals surface area contributed by atoms with Crippen LogP contribution in [0.4, 0.5) is 0 Å². The van der Waals surface area contributed by atoms with E-state index in [9.17, 15) is 14.4 Å². The first-order chi connectivity index (χ1) is 12.2. The lowest BCUT2D eigenvalue weighted by atomic mass is 10.0. The van der Waals surface area contributed by atoms with E-state index in [2.05, 4.69) is 10.6 Å². The molecule has 1 aromatic carbocycles. The molecule has 2 N–H and O–H groups in total. The van der Waals surface area contributed by atoms with Crippen LogP contribution in [-0.4, -0.2) is 43.6 Å². The van der Waals surface area contributed by atoms with Gasteiger partial charge in [-0.2, -0.15) is 0 Å². The summed E-state index contributed by atoms with van der Waals surface area (Å²) in [5, 5.41) is 5.12. The number of hydrogen-bond acceptors (Lipinski definition) is 5. The van der Waals surface area contributed by atoms with Crippen LogP contribution in [0.15, 0.2) is 24.3 Å². The van der Waals surface area contributed by atoms with Gasteiger partial charge >= 0.3 is 5.97 Å². The van der Waals surface area contributed by atoms with Crippen LogP contribution in [-0.2, 0) is 14.3 Å². The molecule has 1 atom stereocenters. The van der Waals surface area contributed by atoms with Crippen LogP contribution in [0.2, 0.25) is 0 Å². The molecule has 7 heteroatoms. The number of ether oxygens (including phenoxy) is 2. The summed E-state index contributed by atoms with van der Waals surface area (Å²) in [6.45, 7) is 7.49. The quantitative estimate of drug-likeness (QED) is 0.653. The zero-order valence-corrected chi connectivity index (χ0v) is 16.0. The predicted molar refractivity (Wildman–Crippen MR) is 97.9 cm³/mol. The first kappa shape index (κ1) is 21.5. The van der Waals surface area contributed by atoms with Crippen molar-refractivity contribution in [3.8, 4) is 5.75 Å². The van der Waals surface area contributed by atoms with Gasteiger partial charge < -0.3 is 20.1 Å².